The molecule has 1 unspecified atom stereocenters. The minimum atomic E-state index is -0.531. The van der Waals surface area contributed by atoms with Crippen LogP contribution in [0.5, 0.6) is 0 Å². The molecule has 0 aliphatic heterocycles. The Morgan fingerprint density at radius 3 is 2.38 bits per heavy atom. The van der Waals surface area contributed by atoms with Crippen LogP contribution >= 0.6 is 11.6 Å². The van der Waals surface area contributed by atoms with Crippen LogP contribution < -0.4 is 10.6 Å². The summed E-state index contributed by atoms with van der Waals surface area (Å²) in [4.78, 5) is 25.6. The van der Waals surface area contributed by atoms with Gasteiger partial charge in [-0.3, -0.25) is 9.59 Å². The van der Waals surface area contributed by atoms with Crippen molar-refractivity contribution in [2.45, 2.75) is 19.9 Å². The van der Waals surface area contributed by atoms with E-state index in [9.17, 15) is 14.0 Å². The van der Waals surface area contributed by atoms with Crippen LogP contribution in [0.15, 0.2) is 60.7 Å². The minimum absolute atomic E-state index is 0.00328. The van der Waals surface area contributed by atoms with E-state index in [4.69, 9.17) is 16.3 Å². The largest absolute Gasteiger partial charge is 0.383 e. The smallest absolute Gasteiger partial charge is 0.257 e. The van der Waals surface area contributed by atoms with Gasteiger partial charge in [0.25, 0.3) is 11.8 Å². The van der Waals surface area contributed by atoms with Gasteiger partial charge in [-0.2, -0.15) is 0 Å². The van der Waals surface area contributed by atoms with E-state index < -0.39 is 11.7 Å². The molecule has 2 amide bonds. The van der Waals surface area contributed by atoms with Crippen LogP contribution in [-0.2, 0) is 4.74 Å². The first-order valence-electron chi connectivity index (χ1n) is 10.0. The van der Waals surface area contributed by atoms with Gasteiger partial charge in [0.15, 0.2) is 0 Å². The summed E-state index contributed by atoms with van der Waals surface area (Å²) in [5.74, 6) is -1.33. The van der Waals surface area contributed by atoms with Gasteiger partial charge in [-0.15, -0.1) is 0 Å². The first-order valence-corrected chi connectivity index (χ1v) is 10.4. The lowest BCUT2D eigenvalue weighted by Gasteiger charge is -2.15. The predicted molar refractivity (Wildman–Crippen MR) is 125 cm³/mol. The number of benzene rings is 3. The Balaban J connectivity index is 1.96. The molecule has 3 aromatic rings. The van der Waals surface area contributed by atoms with E-state index in [2.05, 4.69) is 10.6 Å². The lowest BCUT2D eigenvalue weighted by Crippen LogP contribution is -2.35. The normalized spacial score (nSPS) is 11.7. The molecule has 0 bridgehead atoms. The lowest BCUT2D eigenvalue weighted by molar-refractivity contribution is 0.0905. The van der Waals surface area contributed by atoms with Crippen LogP contribution in [0.2, 0.25) is 5.02 Å². The molecule has 0 aromatic heterocycles. The molecular formula is C25H24ClFN2O3. The zero-order chi connectivity index (χ0) is 23.3. The number of carbonyl (C=O) groups excluding carboxylic acids is 2. The quantitative estimate of drug-likeness (QED) is 0.497. The lowest BCUT2D eigenvalue weighted by atomic mass is 10.00. The standard InChI is InChI=1S/C25H24ClFN2O3/c1-15-4-6-17(7-5-15)18-10-19(24(30)28-16(2)14-32-3)12-21(11-18)29-25(31)22-9-8-20(27)13-23(22)26/h4-13,16H,14H2,1-3H3,(H,28,30)(H,29,31). The SMILES string of the molecule is COCC(C)NC(=O)c1cc(NC(=O)c2ccc(F)cc2Cl)cc(-c2ccc(C)cc2)c1. The van der Waals surface area contributed by atoms with Crippen LogP contribution in [-0.4, -0.2) is 31.6 Å². The second-order valence-electron chi connectivity index (χ2n) is 7.57. The number of anilines is 1. The summed E-state index contributed by atoms with van der Waals surface area (Å²) in [6.07, 6.45) is 0. The molecule has 0 radical (unpaired) electrons. The summed E-state index contributed by atoms with van der Waals surface area (Å²) >= 11 is 6.02. The Morgan fingerprint density at radius 2 is 1.72 bits per heavy atom. The Morgan fingerprint density at radius 1 is 1.00 bits per heavy atom. The van der Waals surface area contributed by atoms with Crippen LogP contribution in [0.3, 0.4) is 0 Å². The molecule has 166 valence electrons. The third kappa shape index (κ3) is 5.93. The molecule has 32 heavy (non-hydrogen) atoms. The van der Waals surface area contributed by atoms with Gasteiger partial charge < -0.3 is 15.4 Å². The third-order valence-electron chi connectivity index (χ3n) is 4.81. The zero-order valence-corrected chi connectivity index (χ0v) is 18.8. The van der Waals surface area contributed by atoms with E-state index in [0.29, 0.717) is 17.9 Å². The molecule has 1 atom stereocenters. The summed E-state index contributed by atoms with van der Waals surface area (Å²) < 4.78 is 18.4. The number of ether oxygens (including phenoxy) is 1. The maximum absolute atomic E-state index is 13.3. The van der Waals surface area contributed by atoms with Crippen molar-refractivity contribution in [3.05, 3.63) is 88.2 Å². The molecule has 0 aliphatic carbocycles. The highest BCUT2D eigenvalue weighted by atomic mass is 35.5. The highest BCUT2D eigenvalue weighted by Crippen LogP contribution is 2.27. The highest BCUT2D eigenvalue weighted by Gasteiger charge is 2.16. The van der Waals surface area contributed by atoms with Gasteiger partial charge in [-0.05, 0) is 61.4 Å². The van der Waals surface area contributed by atoms with Gasteiger partial charge in [0.2, 0.25) is 0 Å². The van der Waals surface area contributed by atoms with Crippen molar-refractivity contribution >= 4 is 29.1 Å². The topological polar surface area (TPSA) is 67.4 Å². The number of amides is 2. The van der Waals surface area contributed by atoms with Crippen molar-refractivity contribution in [2.75, 3.05) is 19.0 Å². The first-order chi connectivity index (χ1) is 15.3. The summed E-state index contributed by atoms with van der Waals surface area (Å²) in [5, 5.41) is 5.64. The number of rotatable bonds is 7. The molecule has 5 nitrogen and oxygen atoms in total. The van der Waals surface area contributed by atoms with Crippen molar-refractivity contribution in [3.63, 3.8) is 0 Å². The summed E-state index contributed by atoms with van der Waals surface area (Å²) in [7, 11) is 1.56. The molecule has 0 fully saturated rings. The molecule has 0 saturated heterocycles. The highest BCUT2D eigenvalue weighted by molar-refractivity contribution is 6.34. The van der Waals surface area contributed by atoms with Gasteiger partial charge >= 0.3 is 0 Å². The Hall–Kier alpha value is -3.22. The number of carbonyl (C=O) groups is 2. The molecule has 2 N–H and O–H groups in total. The van der Waals surface area contributed by atoms with Crippen LogP contribution in [0.25, 0.3) is 11.1 Å². The number of nitrogens with one attached hydrogen (secondary N) is 2. The minimum Gasteiger partial charge on any atom is -0.383 e. The van der Waals surface area contributed by atoms with Gasteiger partial charge in [0.05, 0.1) is 17.2 Å². The second-order valence-corrected chi connectivity index (χ2v) is 7.98. The Bertz CT molecular complexity index is 1130. The summed E-state index contributed by atoms with van der Waals surface area (Å²) in [5.41, 5.74) is 3.69. The van der Waals surface area contributed by atoms with Gasteiger partial charge in [0.1, 0.15) is 5.82 Å². The van der Waals surface area contributed by atoms with E-state index in [0.717, 1.165) is 22.8 Å². The first kappa shape index (κ1) is 23.4. The average molecular weight is 455 g/mol. The number of methoxy groups -OCH3 is 1. The second kappa shape index (κ2) is 10.4. The van der Waals surface area contributed by atoms with E-state index in [-0.39, 0.29) is 22.5 Å². The fourth-order valence-corrected chi connectivity index (χ4v) is 3.47. The van der Waals surface area contributed by atoms with E-state index in [1.54, 1.807) is 25.3 Å². The molecule has 0 spiro atoms. The van der Waals surface area contributed by atoms with Gasteiger partial charge in [-0.1, -0.05) is 41.4 Å². The summed E-state index contributed by atoms with van der Waals surface area (Å²) in [6, 6.07) is 16.3. The van der Waals surface area contributed by atoms with Crippen molar-refractivity contribution in [2.24, 2.45) is 0 Å². The molecular weight excluding hydrogens is 431 g/mol. The summed E-state index contributed by atoms with van der Waals surface area (Å²) in [6.45, 7) is 4.20. The number of hydrogen-bond acceptors (Lipinski definition) is 3. The van der Waals surface area contributed by atoms with Crippen molar-refractivity contribution in [1.82, 2.24) is 5.32 Å². The number of hydrogen-bond donors (Lipinski definition) is 2. The van der Waals surface area contributed by atoms with Gasteiger partial charge in [0, 0.05) is 24.4 Å². The number of aryl methyl sites for hydroxylation is 1. The van der Waals surface area contributed by atoms with Crippen LogP contribution in [0.1, 0.15) is 33.2 Å². The average Bonchev–Trinajstić information content (AvgIpc) is 2.74. The molecule has 7 heteroatoms. The third-order valence-corrected chi connectivity index (χ3v) is 5.12. The van der Waals surface area contributed by atoms with Crippen LogP contribution in [0.4, 0.5) is 10.1 Å². The molecule has 0 heterocycles. The van der Waals surface area contributed by atoms with Crippen molar-refractivity contribution in [3.8, 4) is 11.1 Å². The van der Waals surface area contributed by atoms with Crippen molar-refractivity contribution < 1.29 is 18.7 Å². The monoisotopic (exact) mass is 454 g/mol. The molecule has 3 rings (SSSR count). The van der Waals surface area contributed by atoms with Crippen molar-refractivity contribution in [1.29, 1.82) is 0 Å². The molecule has 0 aliphatic rings. The van der Waals surface area contributed by atoms with E-state index in [1.165, 1.54) is 12.1 Å². The maximum Gasteiger partial charge on any atom is 0.257 e. The fraction of sp³-hybridized carbons (Fsp3) is 0.200. The zero-order valence-electron chi connectivity index (χ0n) is 18.0. The Labute approximate surface area is 191 Å². The maximum atomic E-state index is 13.3. The fourth-order valence-electron chi connectivity index (χ4n) is 3.21. The van der Waals surface area contributed by atoms with E-state index >= 15 is 0 Å². The van der Waals surface area contributed by atoms with Gasteiger partial charge in [-0.25, -0.2) is 4.39 Å². The van der Waals surface area contributed by atoms with E-state index in [1.807, 2.05) is 38.1 Å². The molecule has 0 saturated carbocycles. The predicted octanol–water partition coefficient (Wildman–Crippen LogP) is 5.47. The number of halogens is 2. The molecule has 3 aromatic carbocycles. The Kier molecular flexibility index (Phi) is 7.62. The van der Waals surface area contributed by atoms with Crippen LogP contribution in [0, 0.1) is 12.7 Å².